The van der Waals surface area contributed by atoms with Crippen molar-refractivity contribution in [2.75, 3.05) is 31.7 Å². The third kappa shape index (κ3) is 4.20. The van der Waals surface area contributed by atoms with E-state index in [1.807, 2.05) is 0 Å². The van der Waals surface area contributed by atoms with E-state index < -0.39 is 16.2 Å². The Labute approximate surface area is 160 Å². The molecule has 0 amide bonds. The predicted octanol–water partition coefficient (Wildman–Crippen LogP) is 1.42. The van der Waals surface area contributed by atoms with Crippen LogP contribution in [0.25, 0.3) is 0 Å². The molecule has 2 aromatic rings. The van der Waals surface area contributed by atoms with E-state index >= 15 is 0 Å². The standard InChI is InChI=1S/C18H17NO8S/c20-14-6-5-13(19-7-8-26-9-10-27-28(23,24)25)15-16(14)18(22)12-4-2-1-3-11(12)17(15)21/h1-6,19-20H,7-10H2,(H,23,24,25). The molecule has 0 radical (unpaired) electrons. The second kappa shape index (κ2) is 8.07. The van der Waals surface area contributed by atoms with Gasteiger partial charge in [0.1, 0.15) is 5.75 Å². The van der Waals surface area contributed by atoms with Gasteiger partial charge in [0.05, 0.1) is 30.9 Å². The Morgan fingerprint density at radius 3 is 2.18 bits per heavy atom. The summed E-state index contributed by atoms with van der Waals surface area (Å²) in [6.07, 6.45) is 0. The van der Waals surface area contributed by atoms with Crippen LogP contribution in [-0.2, 0) is 19.3 Å². The average Bonchev–Trinajstić information content (AvgIpc) is 2.65. The van der Waals surface area contributed by atoms with E-state index in [0.717, 1.165) is 0 Å². The molecule has 0 bridgehead atoms. The lowest BCUT2D eigenvalue weighted by Gasteiger charge is -2.21. The van der Waals surface area contributed by atoms with Gasteiger partial charge in [-0.1, -0.05) is 24.3 Å². The van der Waals surface area contributed by atoms with Crippen LogP contribution in [0.1, 0.15) is 31.8 Å². The topological polar surface area (TPSA) is 139 Å². The lowest BCUT2D eigenvalue weighted by Crippen LogP contribution is -2.23. The van der Waals surface area contributed by atoms with Crippen LogP contribution in [0.5, 0.6) is 5.75 Å². The molecule has 0 heterocycles. The molecule has 0 saturated carbocycles. The Hall–Kier alpha value is -2.79. The number of carbonyl (C=O) groups is 2. The number of nitrogens with one attached hydrogen (secondary N) is 1. The van der Waals surface area contributed by atoms with Gasteiger partial charge in [0.25, 0.3) is 0 Å². The minimum Gasteiger partial charge on any atom is -0.507 e. The Balaban J connectivity index is 1.69. The number of hydrogen-bond donors (Lipinski definition) is 3. The minimum absolute atomic E-state index is 0.0452. The molecular weight excluding hydrogens is 390 g/mol. The Morgan fingerprint density at radius 2 is 1.54 bits per heavy atom. The van der Waals surface area contributed by atoms with Crippen molar-refractivity contribution in [2.45, 2.75) is 0 Å². The van der Waals surface area contributed by atoms with Crippen molar-refractivity contribution < 1.29 is 36.6 Å². The van der Waals surface area contributed by atoms with Gasteiger partial charge >= 0.3 is 10.4 Å². The van der Waals surface area contributed by atoms with Crippen molar-refractivity contribution in [3.63, 3.8) is 0 Å². The lowest BCUT2D eigenvalue weighted by molar-refractivity contribution is 0.0976. The molecule has 0 aromatic heterocycles. The molecule has 9 nitrogen and oxygen atoms in total. The number of carbonyl (C=O) groups excluding carboxylic acids is 2. The number of rotatable bonds is 8. The first-order chi connectivity index (χ1) is 13.3. The first-order valence-corrected chi connectivity index (χ1v) is 9.64. The Kier molecular flexibility index (Phi) is 5.75. The fourth-order valence-electron chi connectivity index (χ4n) is 2.91. The van der Waals surface area contributed by atoms with Gasteiger partial charge in [-0.05, 0) is 12.1 Å². The van der Waals surface area contributed by atoms with Gasteiger partial charge in [-0.3, -0.25) is 14.1 Å². The van der Waals surface area contributed by atoms with Crippen molar-refractivity contribution >= 4 is 27.7 Å². The molecule has 2 aromatic carbocycles. The summed E-state index contributed by atoms with van der Waals surface area (Å²) in [5.41, 5.74) is 0.940. The summed E-state index contributed by atoms with van der Waals surface area (Å²) in [7, 11) is -4.50. The van der Waals surface area contributed by atoms with E-state index in [4.69, 9.17) is 9.29 Å². The summed E-state index contributed by atoms with van der Waals surface area (Å²) >= 11 is 0. The number of benzene rings is 2. The fraction of sp³-hybridized carbons (Fsp3) is 0.222. The van der Waals surface area contributed by atoms with Gasteiger partial charge in [-0.15, -0.1) is 0 Å². The maximum Gasteiger partial charge on any atom is 0.397 e. The SMILES string of the molecule is O=C1c2ccccc2C(=O)c2c(NCCOCCOS(=O)(=O)O)ccc(O)c21. The fourth-order valence-corrected chi connectivity index (χ4v) is 3.19. The molecule has 0 spiro atoms. The maximum absolute atomic E-state index is 12.9. The van der Waals surface area contributed by atoms with Crippen LogP contribution >= 0.6 is 0 Å². The molecular formula is C18H17NO8S. The van der Waals surface area contributed by atoms with Gasteiger partial charge in [-0.25, -0.2) is 4.18 Å². The van der Waals surface area contributed by atoms with Crippen LogP contribution in [-0.4, -0.2) is 56.0 Å². The molecule has 0 aliphatic heterocycles. The number of ether oxygens (including phenoxy) is 1. The number of aromatic hydroxyl groups is 1. The third-order valence-corrected chi connectivity index (χ3v) is 4.54. The molecule has 148 valence electrons. The van der Waals surface area contributed by atoms with E-state index in [0.29, 0.717) is 5.69 Å². The highest BCUT2D eigenvalue weighted by molar-refractivity contribution is 7.80. The average molecular weight is 407 g/mol. The van der Waals surface area contributed by atoms with E-state index in [1.54, 1.807) is 24.3 Å². The predicted molar refractivity (Wildman–Crippen MR) is 98.2 cm³/mol. The number of phenols is 1. The van der Waals surface area contributed by atoms with E-state index in [-0.39, 0.29) is 60.2 Å². The molecule has 0 saturated heterocycles. The number of anilines is 1. The highest BCUT2D eigenvalue weighted by Gasteiger charge is 2.33. The highest BCUT2D eigenvalue weighted by atomic mass is 32.3. The normalized spacial score (nSPS) is 13.2. The number of hydrogen-bond acceptors (Lipinski definition) is 8. The van der Waals surface area contributed by atoms with Crippen LogP contribution in [0.4, 0.5) is 5.69 Å². The van der Waals surface area contributed by atoms with E-state index in [9.17, 15) is 23.1 Å². The first kappa shape index (κ1) is 20.0. The second-order valence-electron chi connectivity index (χ2n) is 5.87. The molecule has 1 aliphatic carbocycles. The lowest BCUT2D eigenvalue weighted by atomic mass is 9.82. The minimum atomic E-state index is -4.50. The summed E-state index contributed by atoms with van der Waals surface area (Å²) in [6.45, 7) is -0.0213. The Morgan fingerprint density at radius 1 is 0.893 bits per heavy atom. The largest absolute Gasteiger partial charge is 0.507 e. The smallest absolute Gasteiger partial charge is 0.397 e. The highest BCUT2D eigenvalue weighted by Crippen LogP contribution is 2.36. The van der Waals surface area contributed by atoms with Crippen LogP contribution in [0, 0.1) is 0 Å². The van der Waals surface area contributed by atoms with Crippen LogP contribution in [0.2, 0.25) is 0 Å². The zero-order valence-electron chi connectivity index (χ0n) is 14.5. The number of phenolic OH excluding ortho intramolecular Hbond substituents is 1. The summed E-state index contributed by atoms with van der Waals surface area (Å²) in [5, 5.41) is 13.1. The van der Waals surface area contributed by atoms with Crippen molar-refractivity contribution in [3.8, 4) is 5.75 Å². The van der Waals surface area contributed by atoms with Gasteiger partial charge in [0, 0.05) is 23.4 Å². The molecule has 1 aliphatic rings. The summed E-state index contributed by atoms with van der Waals surface area (Å²) < 4.78 is 38.5. The number of ketones is 2. The summed E-state index contributed by atoms with van der Waals surface area (Å²) in [4.78, 5) is 25.6. The molecule has 10 heteroatoms. The van der Waals surface area contributed by atoms with Gasteiger partial charge < -0.3 is 15.2 Å². The van der Waals surface area contributed by atoms with E-state index in [1.165, 1.54) is 12.1 Å². The van der Waals surface area contributed by atoms with Crippen LogP contribution < -0.4 is 5.32 Å². The quantitative estimate of drug-likeness (QED) is 0.287. The molecule has 0 atom stereocenters. The first-order valence-electron chi connectivity index (χ1n) is 8.27. The Bertz CT molecular complexity index is 1030. The maximum atomic E-state index is 12.9. The van der Waals surface area contributed by atoms with Crippen molar-refractivity contribution in [3.05, 3.63) is 58.7 Å². The molecule has 0 unspecified atom stereocenters. The van der Waals surface area contributed by atoms with E-state index in [2.05, 4.69) is 9.50 Å². The zero-order chi connectivity index (χ0) is 20.3. The van der Waals surface area contributed by atoms with Gasteiger partial charge in [0.15, 0.2) is 11.6 Å². The summed E-state index contributed by atoms with van der Waals surface area (Å²) in [6, 6.07) is 9.24. The van der Waals surface area contributed by atoms with Crippen molar-refractivity contribution in [2.24, 2.45) is 0 Å². The number of fused-ring (bicyclic) bond motifs is 2. The molecule has 3 N–H and O–H groups in total. The van der Waals surface area contributed by atoms with Gasteiger partial charge in [0.2, 0.25) is 0 Å². The monoisotopic (exact) mass is 407 g/mol. The van der Waals surface area contributed by atoms with Gasteiger partial charge in [-0.2, -0.15) is 8.42 Å². The van der Waals surface area contributed by atoms with Crippen molar-refractivity contribution in [1.29, 1.82) is 0 Å². The molecule has 0 fully saturated rings. The van der Waals surface area contributed by atoms with Crippen LogP contribution in [0.3, 0.4) is 0 Å². The molecule has 3 rings (SSSR count). The molecule has 28 heavy (non-hydrogen) atoms. The van der Waals surface area contributed by atoms with Crippen molar-refractivity contribution in [1.82, 2.24) is 0 Å². The zero-order valence-corrected chi connectivity index (χ0v) is 15.4. The third-order valence-electron chi connectivity index (χ3n) is 4.08. The van der Waals surface area contributed by atoms with Crippen LogP contribution in [0.15, 0.2) is 36.4 Å². The summed E-state index contributed by atoms with van der Waals surface area (Å²) in [5.74, 6) is -1.07. The second-order valence-corrected chi connectivity index (χ2v) is 6.97.